The third kappa shape index (κ3) is 3.42. The SMILES string of the molecule is Cc1ccc(S(=O)(=O)n2cc(C(F)(F)F)c3cc(-c4ccccc4)ccc32)cc1. The largest absolute Gasteiger partial charge is 0.418 e. The molecule has 0 amide bonds. The van der Waals surface area contributed by atoms with E-state index in [4.69, 9.17) is 0 Å². The summed E-state index contributed by atoms with van der Waals surface area (Å²) in [5.41, 5.74) is 1.18. The molecule has 3 nitrogen and oxygen atoms in total. The quantitative estimate of drug-likeness (QED) is 0.420. The molecule has 29 heavy (non-hydrogen) atoms. The minimum Gasteiger partial charge on any atom is -0.241 e. The molecule has 0 N–H and O–H groups in total. The number of alkyl halides is 3. The predicted molar refractivity (Wildman–Crippen MR) is 106 cm³/mol. The molecule has 7 heteroatoms. The van der Waals surface area contributed by atoms with Crippen molar-refractivity contribution in [3.05, 3.63) is 90.1 Å². The summed E-state index contributed by atoms with van der Waals surface area (Å²) in [7, 11) is -4.18. The van der Waals surface area contributed by atoms with Gasteiger partial charge in [-0.15, -0.1) is 0 Å². The van der Waals surface area contributed by atoms with Crippen LogP contribution in [0.1, 0.15) is 11.1 Å². The van der Waals surface area contributed by atoms with Crippen LogP contribution < -0.4 is 0 Å². The number of aryl methyl sites for hydroxylation is 1. The number of fused-ring (bicyclic) bond motifs is 1. The summed E-state index contributed by atoms with van der Waals surface area (Å²) in [5.74, 6) is 0. The van der Waals surface area contributed by atoms with Crippen LogP contribution in [0.15, 0.2) is 83.9 Å². The van der Waals surface area contributed by atoms with Crippen molar-refractivity contribution in [2.24, 2.45) is 0 Å². The van der Waals surface area contributed by atoms with Crippen molar-refractivity contribution in [3.63, 3.8) is 0 Å². The van der Waals surface area contributed by atoms with E-state index in [0.29, 0.717) is 15.7 Å². The summed E-state index contributed by atoms with van der Waals surface area (Å²) < 4.78 is 67.9. The summed E-state index contributed by atoms with van der Waals surface area (Å²) in [4.78, 5) is -0.0686. The maximum atomic E-state index is 13.7. The monoisotopic (exact) mass is 415 g/mol. The third-order valence-electron chi connectivity index (χ3n) is 4.76. The molecule has 1 heterocycles. The highest BCUT2D eigenvalue weighted by Crippen LogP contribution is 2.39. The minimum absolute atomic E-state index is 0.0161. The number of benzene rings is 3. The van der Waals surface area contributed by atoms with Crippen LogP contribution >= 0.6 is 0 Å². The standard InChI is InChI=1S/C22H16F3NO2S/c1-15-7-10-18(11-8-15)29(27,28)26-14-20(22(23,24)25)19-13-17(9-12-21(19)26)16-5-3-2-4-6-16/h2-14H,1H3. The number of hydrogen-bond acceptors (Lipinski definition) is 2. The van der Waals surface area contributed by atoms with Crippen molar-refractivity contribution in [2.45, 2.75) is 18.0 Å². The molecule has 0 saturated carbocycles. The van der Waals surface area contributed by atoms with Crippen LogP contribution in [0, 0.1) is 6.92 Å². The topological polar surface area (TPSA) is 39.1 Å². The lowest BCUT2D eigenvalue weighted by Crippen LogP contribution is -2.12. The van der Waals surface area contributed by atoms with Gasteiger partial charge >= 0.3 is 6.18 Å². The zero-order valence-corrected chi connectivity index (χ0v) is 16.1. The van der Waals surface area contributed by atoms with Crippen LogP contribution in [-0.2, 0) is 16.2 Å². The molecule has 0 aliphatic rings. The van der Waals surface area contributed by atoms with E-state index in [1.807, 2.05) is 6.07 Å². The minimum atomic E-state index is -4.69. The fourth-order valence-electron chi connectivity index (χ4n) is 3.26. The molecule has 0 aliphatic carbocycles. The Bertz CT molecular complexity index is 1290. The Kier molecular flexibility index (Phi) is 4.50. The summed E-state index contributed by atoms with van der Waals surface area (Å²) in [6.07, 6.45) is -4.03. The van der Waals surface area contributed by atoms with Gasteiger partial charge in [-0.3, -0.25) is 0 Å². The molecule has 0 aliphatic heterocycles. The van der Waals surface area contributed by atoms with Gasteiger partial charge in [0.2, 0.25) is 0 Å². The molecule has 1 aromatic heterocycles. The second-order valence-corrected chi connectivity index (χ2v) is 8.57. The van der Waals surface area contributed by atoms with Crippen molar-refractivity contribution in [1.29, 1.82) is 0 Å². The van der Waals surface area contributed by atoms with Gasteiger partial charge in [0.15, 0.2) is 0 Å². The number of halogens is 3. The first kappa shape index (κ1) is 19.3. The van der Waals surface area contributed by atoms with E-state index in [1.54, 1.807) is 49.4 Å². The van der Waals surface area contributed by atoms with Crippen molar-refractivity contribution in [1.82, 2.24) is 3.97 Å². The fraction of sp³-hybridized carbons (Fsp3) is 0.0909. The highest BCUT2D eigenvalue weighted by Gasteiger charge is 2.36. The van der Waals surface area contributed by atoms with Gasteiger partial charge in [0.1, 0.15) is 0 Å². The third-order valence-corrected chi connectivity index (χ3v) is 6.45. The van der Waals surface area contributed by atoms with E-state index in [0.717, 1.165) is 11.1 Å². The second-order valence-electron chi connectivity index (χ2n) is 6.75. The molecule has 0 fully saturated rings. The van der Waals surface area contributed by atoms with Gasteiger partial charge in [-0.2, -0.15) is 13.2 Å². The van der Waals surface area contributed by atoms with Gasteiger partial charge in [-0.05, 0) is 42.3 Å². The Morgan fingerprint density at radius 1 is 0.828 bits per heavy atom. The van der Waals surface area contributed by atoms with Crippen LogP contribution in [0.3, 0.4) is 0 Å². The molecule has 4 rings (SSSR count). The molecule has 0 bridgehead atoms. The molecule has 3 aromatic carbocycles. The van der Waals surface area contributed by atoms with E-state index >= 15 is 0 Å². The zero-order valence-electron chi connectivity index (χ0n) is 15.3. The Morgan fingerprint density at radius 2 is 1.48 bits per heavy atom. The molecule has 0 radical (unpaired) electrons. The lowest BCUT2D eigenvalue weighted by molar-refractivity contribution is -0.136. The van der Waals surface area contributed by atoms with Gasteiger partial charge in [0.25, 0.3) is 10.0 Å². The summed E-state index contributed by atoms with van der Waals surface area (Å²) in [6, 6.07) is 19.4. The second kappa shape index (κ2) is 6.77. The van der Waals surface area contributed by atoms with E-state index in [1.165, 1.54) is 24.3 Å². The van der Waals surface area contributed by atoms with Gasteiger partial charge in [0, 0.05) is 11.6 Å². The number of rotatable bonds is 3. The average Bonchev–Trinajstić information content (AvgIpc) is 3.09. The smallest absolute Gasteiger partial charge is 0.241 e. The summed E-state index contributed by atoms with van der Waals surface area (Å²) in [5, 5.41) is -0.158. The highest BCUT2D eigenvalue weighted by molar-refractivity contribution is 7.90. The molecule has 148 valence electrons. The van der Waals surface area contributed by atoms with Gasteiger partial charge in [-0.1, -0.05) is 54.1 Å². The van der Waals surface area contributed by atoms with Crippen LogP contribution in [0.2, 0.25) is 0 Å². The van der Waals surface area contributed by atoms with E-state index in [9.17, 15) is 21.6 Å². The molecular formula is C22H16F3NO2S. The maximum absolute atomic E-state index is 13.7. The fourth-order valence-corrected chi connectivity index (χ4v) is 4.63. The first-order valence-corrected chi connectivity index (χ1v) is 10.2. The Morgan fingerprint density at radius 3 is 2.10 bits per heavy atom. The molecule has 4 aromatic rings. The van der Waals surface area contributed by atoms with Crippen molar-refractivity contribution in [3.8, 4) is 11.1 Å². The Hall–Kier alpha value is -3.06. The van der Waals surface area contributed by atoms with Crippen LogP contribution in [-0.4, -0.2) is 12.4 Å². The van der Waals surface area contributed by atoms with Crippen molar-refractivity contribution >= 4 is 20.9 Å². The van der Waals surface area contributed by atoms with Crippen molar-refractivity contribution < 1.29 is 21.6 Å². The summed E-state index contributed by atoms with van der Waals surface area (Å²) in [6.45, 7) is 1.80. The van der Waals surface area contributed by atoms with Crippen LogP contribution in [0.5, 0.6) is 0 Å². The molecule has 0 unspecified atom stereocenters. The molecule has 0 spiro atoms. The number of aromatic nitrogens is 1. The molecule has 0 atom stereocenters. The normalized spacial score (nSPS) is 12.4. The Balaban J connectivity index is 1.97. The number of hydrogen-bond donors (Lipinski definition) is 0. The molecule has 0 saturated heterocycles. The van der Waals surface area contributed by atoms with Gasteiger partial charge < -0.3 is 0 Å². The van der Waals surface area contributed by atoms with Crippen LogP contribution in [0.4, 0.5) is 13.2 Å². The van der Waals surface area contributed by atoms with Crippen LogP contribution in [0.25, 0.3) is 22.0 Å². The first-order valence-electron chi connectivity index (χ1n) is 8.78. The lowest BCUT2D eigenvalue weighted by atomic mass is 10.0. The van der Waals surface area contributed by atoms with E-state index < -0.39 is 21.8 Å². The van der Waals surface area contributed by atoms with E-state index in [-0.39, 0.29) is 15.8 Å². The highest BCUT2D eigenvalue weighted by atomic mass is 32.2. The van der Waals surface area contributed by atoms with Crippen molar-refractivity contribution in [2.75, 3.05) is 0 Å². The first-order chi connectivity index (χ1) is 13.7. The lowest BCUT2D eigenvalue weighted by Gasteiger charge is -2.08. The molecular weight excluding hydrogens is 399 g/mol. The van der Waals surface area contributed by atoms with E-state index in [2.05, 4.69) is 0 Å². The van der Waals surface area contributed by atoms with Gasteiger partial charge in [0.05, 0.1) is 16.0 Å². The predicted octanol–water partition coefficient (Wildman–Crippen LogP) is 5.87. The average molecular weight is 415 g/mol. The maximum Gasteiger partial charge on any atom is 0.418 e. The van der Waals surface area contributed by atoms with Gasteiger partial charge in [-0.25, -0.2) is 12.4 Å². The Labute approximate surface area is 166 Å². The zero-order chi connectivity index (χ0) is 20.8. The summed E-state index contributed by atoms with van der Waals surface area (Å²) >= 11 is 0. The number of nitrogens with zero attached hydrogens (tertiary/aromatic N) is 1.